The first kappa shape index (κ1) is 12.1. The Labute approximate surface area is 92.6 Å². The number of methoxy groups -OCH3 is 1. The van der Waals surface area contributed by atoms with E-state index in [0.29, 0.717) is 12.0 Å². The van der Waals surface area contributed by atoms with E-state index in [4.69, 9.17) is 22.1 Å². The van der Waals surface area contributed by atoms with Gasteiger partial charge in [0.1, 0.15) is 0 Å². The van der Waals surface area contributed by atoms with Crippen molar-refractivity contribution < 1.29 is 14.2 Å². The van der Waals surface area contributed by atoms with Crippen LogP contribution in [0.5, 0.6) is 11.5 Å². The summed E-state index contributed by atoms with van der Waals surface area (Å²) in [6.45, 7) is 1.76. The van der Waals surface area contributed by atoms with Gasteiger partial charge in [0.2, 0.25) is 5.82 Å². The van der Waals surface area contributed by atoms with Crippen LogP contribution in [0.1, 0.15) is 12.5 Å². The maximum absolute atomic E-state index is 13.5. The number of halogens is 2. The second-order valence-electron chi connectivity index (χ2n) is 3.39. The molecule has 1 aromatic rings. The van der Waals surface area contributed by atoms with Crippen molar-refractivity contribution in [1.82, 2.24) is 0 Å². The lowest BCUT2D eigenvalue weighted by Gasteiger charge is -2.12. The molecule has 3 nitrogen and oxygen atoms in total. The molecule has 15 heavy (non-hydrogen) atoms. The molecule has 0 radical (unpaired) electrons. The Morgan fingerprint density at radius 2 is 2.27 bits per heavy atom. The lowest BCUT2D eigenvalue weighted by atomic mass is 10.1. The summed E-state index contributed by atoms with van der Waals surface area (Å²) in [5.41, 5.74) is 5.94. The molecule has 0 aromatic heterocycles. The monoisotopic (exact) mass is 233 g/mol. The van der Waals surface area contributed by atoms with Crippen LogP contribution in [-0.4, -0.2) is 18.3 Å². The topological polar surface area (TPSA) is 55.5 Å². The molecule has 0 spiro atoms. The van der Waals surface area contributed by atoms with Crippen LogP contribution in [0.15, 0.2) is 6.07 Å². The van der Waals surface area contributed by atoms with Gasteiger partial charge in [0, 0.05) is 11.6 Å². The van der Waals surface area contributed by atoms with Crippen LogP contribution in [0.2, 0.25) is 5.02 Å². The first-order chi connectivity index (χ1) is 6.97. The zero-order valence-electron chi connectivity index (χ0n) is 8.55. The van der Waals surface area contributed by atoms with Gasteiger partial charge in [-0.1, -0.05) is 11.6 Å². The maximum Gasteiger partial charge on any atom is 0.208 e. The highest BCUT2D eigenvalue weighted by molar-refractivity contribution is 6.32. The third-order valence-electron chi connectivity index (χ3n) is 1.98. The van der Waals surface area contributed by atoms with Gasteiger partial charge >= 0.3 is 0 Å². The van der Waals surface area contributed by atoms with E-state index in [2.05, 4.69) is 0 Å². The van der Waals surface area contributed by atoms with E-state index in [1.807, 2.05) is 0 Å². The summed E-state index contributed by atoms with van der Waals surface area (Å²) in [4.78, 5) is 0. The van der Waals surface area contributed by atoms with Crippen molar-refractivity contribution in [3.05, 3.63) is 22.5 Å². The summed E-state index contributed by atoms with van der Waals surface area (Å²) in [6.07, 6.45) is 0.354. The van der Waals surface area contributed by atoms with Gasteiger partial charge in [-0.25, -0.2) is 0 Å². The molecule has 1 unspecified atom stereocenters. The predicted molar refractivity (Wildman–Crippen MR) is 57.0 cm³/mol. The Morgan fingerprint density at radius 3 is 2.73 bits per heavy atom. The van der Waals surface area contributed by atoms with Crippen molar-refractivity contribution in [3.63, 3.8) is 0 Å². The van der Waals surface area contributed by atoms with Crippen LogP contribution in [0.4, 0.5) is 4.39 Å². The van der Waals surface area contributed by atoms with Gasteiger partial charge in [-0.05, 0) is 19.4 Å². The van der Waals surface area contributed by atoms with Crippen molar-refractivity contribution in [1.29, 1.82) is 0 Å². The third kappa shape index (κ3) is 2.52. The molecule has 0 heterocycles. The van der Waals surface area contributed by atoms with E-state index in [1.54, 1.807) is 6.92 Å². The van der Waals surface area contributed by atoms with Gasteiger partial charge in [0.15, 0.2) is 11.5 Å². The van der Waals surface area contributed by atoms with Crippen LogP contribution in [-0.2, 0) is 6.42 Å². The molecule has 0 aliphatic carbocycles. The number of phenolic OH excluding ortho intramolecular Hbond substituents is 1. The molecule has 0 saturated carbocycles. The lowest BCUT2D eigenvalue weighted by molar-refractivity contribution is 0.362. The summed E-state index contributed by atoms with van der Waals surface area (Å²) in [7, 11) is 1.29. The Kier molecular flexibility index (Phi) is 3.77. The van der Waals surface area contributed by atoms with Crippen molar-refractivity contribution in [2.45, 2.75) is 19.4 Å². The van der Waals surface area contributed by atoms with Crippen LogP contribution >= 0.6 is 11.6 Å². The summed E-state index contributed by atoms with van der Waals surface area (Å²) < 4.78 is 18.2. The molecular formula is C10H13ClFNO2. The minimum atomic E-state index is -0.847. The number of benzene rings is 1. The highest BCUT2D eigenvalue weighted by atomic mass is 35.5. The van der Waals surface area contributed by atoms with E-state index in [9.17, 15) is 9.50 Å². The minimum Gasteiger partial charge on any atom is -0.505 e. The highest BCUT2D eigenvalue weighted by Gasteiger charge is 2.17. The number of rotatable bonds is 3. The fraction of sp³-hybridized carbons (Fsp3) is 0.400. The van der Waals surface area contributed by atoms with Gasteiger partial charge in [-0.15, -0.1) is 0 Å². The summed E-state index contributed by atoms with van der Waals surface area (Å²) in [5, 5.41) is 9.64. The predicted octanol–water partition coefficient (Wildman–Crippen LogP) is 2.08. The first-order valence-electron chi connectivity index (χ1n) is 4.46. The summed E-state index contributed by atoms with van der Waals surface area (Å²) in [5.74, 6) is -1.45. The third-order valence-corrected chi connectivity index (χ3v) is 2.26. The smallest absolute Gasteiger partial charge is 0.208 e. The van der Waals surface area contributed by atoms with Gasteiger partial charge in [0.25, 0.3) is 0 Å². The average molecular weight is 234 g/mol. The molecule has 0 saturated heterocycles. The molecule has 5 heteroatoms. The number of hydrogen-bond donors (Lipinski definition) is 2. The number of nitrogens with two attached hydrogens (primary N) is 1. The number of phenols is 1. The van der Waals surface area contributed by atoms with Crippen LogP contribution in [0.25, 0.3) is 0 Å². The maximum atomic E-state index is 13.5. The molecule has 0 amide bonds. The van der Waals surface area contributed by atoms with E-state index in [1.165, 1.54) is 13.2 Å². The van der Waals surface area contributed by atoms with Crippen LogP contribution in [0.3, 0.4) is 0 Å². The molecule has 0 aliphatic heterocycles. The second-order valence-corrected chi connectivity index (χ2v) is 3.80. The Bertz CT molecular complexity index is 369. The molecule has 0 aliphatic rings. The largest absolute Gasteiger partial charge is 0.505 e. The minimum absolute atomic E-state index is 0.128. The SMILES string of the molecule is COc1c(Cl)cc(CC(C)N)c(O)c1F. The van der Waals surface area contributed by atoms with Crippen LogP contribution in [0, 0.1) is 5.82 Å². The van der Waals surface area contributed by atoms with E-state index >= 15 is 0 Å². The molecule has 84 valence electrons. The number of ether oxygens (including phenoxy) is 1. The molecule has 1 rings (SSSR count). The molecule has 0 bridgehead atoms. The normalized spacial score (nSPS) is 12.6. The van der Waals surface area contributed by atoms with Gasteiger partial charge in [-0.2, -0.15) is 4.39 Å². The van der Waals surface area contributed by atoms with Crippen molar-refractivity contribution in [2.24, 2.45) is 5.73 Å². The van der Waals surface area contributed by atoms with Gasteiger partial charge in [0.05, 0.1) is 12.1 Å². The fourth-order valence-corrected chi connectivity index (χ4v) is 1.62. The fourth-order valence-electron chi connectivity index (χ4n) is 1.33. The van der Waals surface area contributed by atoms with E-state index in [-0.39, 0.29) is 16.8 Å². The molecule has 1 atom stereocenters. The van der Waals surface area contributed by atoms with Gasteiger partial charge in [-0.3, -0.25) is 0 Å². The Morgan fingerprint density at radius 1 is 1.67 bits per heavy atom. The van der Waals surface area contributed by atoms with Gasteiger partial charge < -0.3 is 15.6 Å². The zero-order valence-corrected chi connectivity index (χ0v) is 9.31. The quantitative estimate of drug-likeness (QED) is 0.841. The molecule has 0 fully saturated rings. The molecule has 3 N–H and O–H groups in total. The average Bonchev–Trinajstić information content (AvgIpc) is 2.14. The molecular weight excluding hydrogens is 221 g/mol. The summed E-state index contributed by atoms with van der Waals surface area (Å²) in [6, 6.07) is 1.28. The summed E-state index contributed by atoms with van der Waals surface area (Å²) >= 11 is 5.77. The van der Waals surface area contributed by atoms with Crippen molar-refractivity contribution >= 4 is 11.6 Å². The zero-order chi connectivity index (χ0) is 11.6. The number of hydrogen-bond acceptors (Lipinski definition) is 3. The second kappa shape index (κ2) is 4.68. The highest BCUT2D eigenvalue weighted by Crippen LogP contribution is 2.36. The van der Waals surface area contributed by atoms with E-state index in [0.717, 1.165) is 0 Å². The lowest BCUT2D eigenvalue weighted by Crippen LogP contribution is -2.18. The Hall–Kier alpha value is -1.00. The van der Waals surface area contributed by atoms with Crippen LogP contribution < -0.4 is 10.5 Å². The standard InChI is InChI=1S/C10H13ClFNO2/c1-5(13)3-6-4-7(11)10(15-2)8(12)9(6)14/h4-5,14H,3,13H2,1-2H3. The van der Waals surface area contributed by atoms with Crippen molar-refractivity contribution in [2.75, 3.05) is 7.11 Å². The Balaban J connectivity index is 3.21. The van der Waals surface area contributed by atoms with Crippen molar-refractivity contribution in [3.8, 4) is 11.5 Å². The first-order valence-corrected chi connectivity index (χ1v) is 4.84. The number of aromatic hydroxyl groups is 1. The van der Waals surface area contributed by atoms with E-state index < -0.39 is 11.6 Å². The molecule has 1 aromatic carbocycles.